The van der Waals surface area contributed by atoms with Gasteiger partial charge in [-0.15, -0.1) is 0 Å². The summed E-state index contributed by atoms with van der Waals surface area (Å²) in [7, 11) is 0. The summed E-state index contributed by atoms with van der Waals surface area (Å²) in [5, 5.41) is 11.8. The number of hydrogen-bond acceptors (Lipinski definition) is 4. The Morgan fingerprint density at radius 3 is 2.64 bits per heavy atom. The zero-order valence-corrected chi connectivity index (χ0v) is 18.6. The van der Waals surface area contributed by atoms with E-state index in [2.05, 4.69) is 9.97 Å². The van der Waals surface area contributed by atoms with Gasteiger partial charge in [0.05, 0.1) is 17.5 Å². The molecule has 3 aromatic carbocycles. The Bertz CT molecular complexity index is 1500. The summed E-state index contributed by atoms with van der Waals surface area (Å²) in [4.78, 5) is 20.6. The third-order valence-corrected chi connectivity index (χ3v) is 5.91. The second-order valence-corrected chi connectivity index (χ2v) is 8.22. The van der Waals surface area contributed by atoms with Crippen LogP contribution in [0.4, 0.5) is 0 Å². The molecule has 0 saturated carbocycles. The first-order valence-electron chi connectivity index (χ1n) is 10.4. The van der Waals surface area contributed by atoms with Gasteiger partial charge in [0.25, 0.3) is 0 Å². The van der Waals surface area contributed by atoms with E-state index in [-0.39, 0.29) is 6.42 Å². The number of carboxylic acids is 1. The summed E-state index contributed by atoms with van der Waals surface area (Å²) in [6.07, 6.45) is 1.39. The normalized spacial score (nSPS) is 11.2. The van der Waals surface area contributed by atoms with E-state index in [0.717, 1.165) is 38.6 Å². The first-order valence-corrected chi connectivity index (χ1v) is 10.8. The Balaban J connectivity index is 1.65. The van der Waals surface area contributed by atoms with Gasteiger partial charge in [0, 0.05) is 21.5 Å². The Labute approximate surface area is 195 Å². The second-order valence-electron chi connectivity index (χ2n) is 7.78. The predicted octanol–water partition coefficient (Wildman–Crippen LogP) is 5.74. The van der Waals surface area contributed by atoms with Gasteiger partial charge in [0.15, 0.2) is 0 Å². The average molecular weight is 458 g/mol. The number of nitrogens with zero attached hydrogens (tertiary/aromatic N) is 3. The molecule has 0 fully saturated rings. The molecule has 2 heterocycles. The van der Waals surface area contributed by atoms with Crippen molar-refractivity contribution in [3.05, 3.63) is 94.9 Å². The fourth-order valence-electron chi connectivity index (χ4n) is 4.13. The van der Waals surface area contributed by atoms with Crippen molar-refractivity contribution in [3.8, 4) is 11.6 Å². The van der Waals surface area contributed by atoms with Crippen molar-refractivity contribution >= 4 is 39.4 Å². The van der Waals surface area contributed by atoms with Crippen LogP contribution in [0.25, 0.3) is 27.6 Å². The smallest absolute Gasteiger partial charge is 0.307 e. The van der Waals surface area contributed by atoms with Gasteiger partial charge in [-0.25, -0.2) is 9.97 Å². The number of benzene rings is 3. The molecule has 1 N–H and O–H groups in total. The van der Waals surface area contributed by atoms with E-state index in [1.807, 2.05) is 66.1 Å². The van der Waals surface area contributed by atoms with Crippen LogP contribution in [0.2, 0.25) is 5.02 Å². The summed E-state index contributed by atoms with van der Waals surface area (Å²) in [6.45, 7) is 2.34. The maximum atomic E-state index is 11.7. The van der Waals surface area contributed by atoms with Crippen LogP contribution in [0.3, 0.4) is 0 Å². The molecule has 33 heavy (non-hydrogen) atoms. The van der Waals surface area contributed by atoms with E-state index in [1.165, 1.54) is 6.33 Å². The molecule has 6 nitrogen and oxygen atoms in total. The van der Waals surface area contributed by atoms with Gasteiger partial charge in [-0.05, 0) is 54.4 Å². The zero-order valence-electron chi connectivity index (χ0n) is 17.8. The number of halogens is 1. The van der Waals surface area contributed by atoms with Crippen LogP contribution in [0.5, 0.6) is 5.75 Å². The van der Waals surface area contributed by atoms with Crippen LogP contribution in [0, 0.1) is 6.92 Å². The number of fused-ring (bicyclic) bond motifs is 2. The van der Waals surface area contributed by atoms with Gasteiger partial charge >= 0.3 is 5.97 Å². The molecule has 5 rings (SSSR count). The highest BCUT2D eigenvalue weighted by Crippen LogP contribution is 2.34. The maximum absolute atomic E-state index is 11.7. The molecule has 0 unspecified atom stereocenters. The minimum atomic E-state index is -0.896. The molecule has 0 saturated heterocycles. The SMILES string of the molecule is Cc1c(CC(=O)O)c2cc(OCc3ccccc3)ccc2n1-c1ncnc2cc(Cl)ccc12. The number of carbonyl (C=O) groups is 1. The second kappa shape index (κ2) is 8.56. The highest BCUT2D eigenvalue weighted by molar-refractivity contribution is 6.31. The standard InChI is InChI=1S/C26H20ClN3O3/c1-16-21(13-25(31)32)22-12-19(33-14-17-5-3-2-4-6-17)8-10-24(22)30(16)26-20-9-7-18(27)11-23(20)28-15-29-26/h2-12,15H,13-14H2,1H3,(H,31,32). The number of aromatic nitrogens is 3. The molecule has 7 heteroatoms. The number of carboxylic acid groups (broad SMARTS) is 1. The summed E-state index contributed by atoms with van der Waals surface area (Å²) in [6, 6.07) is 21.1. The molecule has 0 spiro atoms. The lowest BCUT2D eigenvalue weighted by Crippen LogP contribution is -2.04. The maximum Gasteiger partial charge on any atom is 0.307 e. The summed E-state index contributed by atoms with van der Waals surface area (Å²) in [5.74, 6) is 0.454. The Morgan fingerprint density at radius 1 is 1.03 bits per heavy atom. The van der Waals surface area contributed by atoms with Gasteiger partial charge < -0.3 is 9.84 Å². The van der Waals surface area contributed by atoms with Crippen molar-refractivity contribution in [2.75, 3.05) is 0 Å². The first kappa shape index (κ1) is 21.0. The van der Waals surface area contributed by atoms with Crippen LogP contribution < -0.4 is 4.74 Å². The van der Waals surface area contributed by atoms with Crippen molar-refractivity contribution in [2.45, 2.75) is 20.0 Å². The first-order chi connectivity index (χ1) is 16.0. The molecular formula is C26H20ClN3O3. The van der Waals surface area contributed by atoms with Crippen LogP contribution in [-0.4, -0.2) is 25.6 Å². The number of ether oxygens (including phenoxy) is 1. The van der Waals surface area contributed by atoms with Crippen LogP contribution in [0.1, 0.15) is 16.8 Å². The van der Waals surface area contributed by atoms with Gasteiger partial charge in [0.2, 0.25) is 0 Å². The zero-order chi connectivity index (χ0) is 22.9. The number of aliphatic carboxylic acids is 1. The lowest BCUT2D eigenvalue weighted by Gasteiger charge is -2.11. The van der Waals surface area contributed by atoms with Gasteiger partial charge in [-0.2, -0.15) is 0 Å². The van der Waals surface area contributed by atoms with E-state index >= 15 is 0 Å². The fraction of sp³-hybridized carbons (Fsp3) is 0.115. The Kier molecular flexibility index (Phi) is 5.44. The molecule has 0 radical (unpaired) electrons. The van der Waals surface area contributed by atoms with Gasteiger partial charge in [-0.3, -0.25) is 9.36 Å². The summed E-state index contributed by atoms with van der Waals surface area (Å²) >= 11 is 6.15. The molecular weight excluding hydrogens is 438 g/mol. The Morgan fingerprint density at radius 2 is 1.85 bits per heavy atom. The molecule has 0 amide bonds. The number of rotatable bonds is 6. The van der Waals surface area contributed by atoms with Crippen molar-refractivity contribution in [3.63, 3.8) is 0 Å². The lowest BCUT2D eigenvalue weighted by molar-refractivity contribution is -0.136. The quantitative estimate of drug-likeness (QED) is 0.351. The van der Waals surface area contributed by atoms with Crippen LogP contribution in [0.15, 0.2) is 73.1 Å². The Hall–Kier alpha value is -3.90. The molecule has 164 valence electrons. The minimum absolute atomic E-state index is 0.105. The largest absolute Gasteiger partial charge is 0.489 e. The molecule has 0 aliphatic rings. The molecule has 0 aliphatic carbocycles. The van der Waals surface area contributed by atoms with Gasteiger partial charge in [-0.1, -0.05) is 41.9 Å². The highest BCUT2D eigenvalue weighted by Gasteiger charge is 2.20. The molecule has 0 bridgehead atoms. The average Bonchev–Trinajstić information content (AvgIpc) is 3.08. The predicted molar refractivity (Wildman–Crippen MR) is 128 cm³/mol. The van der Waals surface area contributed by atoms with Crippen LogP contribution in [-0.2, 0) is 17.8 Å². The van der Waals surface area contributed by atoms with E-state index in [9.17, 15) is 9.90 Å². The summed E-state index contributed by atoms with van der Waals surface area (Å²) < 4.78 is 7.98. The van der Waals surface area contributed by atoms with Crippen molar-refractivity contribution in [1.82, 2.24) is 14.5 Å². The van der Waals surface area contributed by atoms with Gasteiger partial charge in [0.1, 0.15) is 24.5 Å². The van der Waals surface area contributed by atoms with E-state index in [4.69, 9.17) is 16.3 Å². The molecule has 0 aliphatic heterocycles. The monoisotopic (exact) mass is 457 g/mol. The molecule has 0 atom stereocenters. The lowest BCUT2D eigenvalue weighted by atomic mass is 10.1. The number of hydrogen-bond donors (Lipinski definition) is 1. The molecule has 2 aromatic heterocycles. The van der Waals surface area contributed by atoms with Crippen LogP contribution >= 0.6 is 11.6 Å². The van der Waals surface area contributed by atoms with Crippen molar-refractivity contribution in [1.29, 1.82) is 0 Å². The third-order valence-electron chi connectivity index (χ3n) is 5.67. The highest BCUT2D eigenvalue weighted by atomic mass is 35.5. The fourth-order valence-corrected chi connectivity index (χ4v) is 4.30. The van der Waals surface area contributed by atoms with E-state index in [0.29, 0.717) is 23.2 Å². The minimum Gasteiger partial charge on any atom is -0.489 e. The van der Waals surface area contributed by atoms with Crippen molar-refractivity contribution in [2.24, 2.45) is 0 Å². The summed E-state index contributed by atoms with van der Waals surface area (Å²) in [5.41, 5.74) is 4.16. The topological polar surface area (TPSA) is 77.2 Å². The van der Waals surface area contributed by atoms with Crippen molar-refractivity contribution < 1.29 is 14.6 Å². The van der Waals surface area contributed by atoms with E-state index < -0.39 is 5.97 Å². The third kappa shape index (κ3) is 4.01. The molecule has 5 aromatic rings. The van der Waals surface area contributed by atoms with E-state index in [1.54, 1.807) is 12.1 Å².